The molecule has 1 aliphatic heterocycles. The molecule has 0 radical (unpaired) electrons. The second-order valence-corrected chi connectivity index (χ2v) is 3.63. The van der Waals surface area contributed by atoms with Crippen LogP contribution in [0.15, 0.2) is 18.2 Å². The van der Waals surface area contributed by atoms with Crippen molar-refractivity contribution in [3.05, 3.63) is 39.7 Å². The summed E-state index contributed by atoms with van der Waals surface area (Å²) in [7, 11) is 0. The lowest BCUT2D eigenvalue weighted by Crippen LogP contribution is -2.14. The highest BCUT2D eigenvalue weighted by molar-refractivity contribution is 5.79. The van der Waals surface area contributed by atoms with E-state index in [1.54, 1.807) is 0 Å². The lowest BCUT2D eigenvalue weighted by Gasteiger charge is -2.09. The monoisotopic (exact) mass is 224 g/mol. The molecule has 1 aromatic carbocycles. The Morgan fingerprint density at radius 1 is 1.50 bits per heavy atom. The van der Waals surface area contributed by atoms with Crippen LogP contribution >= 0.6 is 0 Å². The van der Waals surface area contributed by atoms with E-state index in [1.165, 1.54) is 18.2 Å². The highest BCUT2D eigenvalue weighted by Crippen LogP contribution is 2.32. The highest BCUT2D eigenvalue weighted by Gasteiger charge is 2.31. The van der Waals surface area contributed by atoms with Gasteiger partial charge in [0.05, 0.1) is 10.5 Å². The average molecular weight is 224 g/mol. The van der Waals surface area contributed by atoms with Gasteiger partial charge in [0.1, 0.15) is 5.82 Å². The molecule has 0 aliphatic carbocycles. The summed E-state index contributed by atoms with van der Waals surface area (Å²) in [6.45, 7) is 0.251. The summed E-state index contributed by atoms with van der Waals surface area (Å²) in [6, 6.07) is 3.72. The SMILES string of the molecule is O=C1CC(c2c(F)cccc2[N+](=O)[O-])CN1. The number of nitro benzene ring substituents is 1. The van der Waals surface area contributed by atoms with Gasteiger partial charge in [0.15, 0.2) is 0 Å². The summed E-state index contributed by atoms with van der Waals surface area (Å²) in [4.78, 5) is 21.1. The molecule has 6 heteroatoms. The molecule has 1 atom stereocenters. The predicted octanol–water partition coefficient (Wildman–Crippen LogP) is 1.34. The Morgan fingerprint density at radius 2 is 2.25 bits per heavy atom. The first-order valence-corrected chi connectivity index (χ1v) is 4.79. The smallest absolute Gasteiger partial charge is 0.275 e. The van der Waals surface area contributed by atoms with Crippen LogP contribution in [0.5, 0.6) is 0 Å². The Labute approximate surface area is 90.4 Å². The normalized spacial score (nSPS) is 19.6. The fraction of sp³-hybridized carbons (Fsp3) is 0.300. The van der Waals surface area contributed by atoms with Crippen LogP contribution < -0.4 is 5.32 Å². The maximum absolute atomic E-state index is 13.5. The number of hydrogen-bond donors (Lipinski definition) is 1. The van der Waals surface area contributed by atoms with Crippen LogP contribution in [0.3, 0.4) is 0 Å². The maximum Gasteiger partial charge on any atom is 0.275 e. The quantitative estimate of drug-likeness (QED) is 0.608. The van der Waals surface area contributed by atoms with Crippen LogP contribution in [-0.4, -0.2) is 17.4 Å². The Hall–Kier alpha value is -1.98. The maximum atomic E-state index is 13.5. The van der Waals surface area contributed by atoms with Crippen molar-refractivity contribution in [2.45, 2.75) is 12.3 Å². The number of amides is 1. The van der Waals surface area contributed by atoms with E-state index < -0.39 is 16.7 Å². The summed E-state index contributed by atoms with van der Waals surface area (Å²) in [5.41, 5.74) is -0.243. The molecule has 5 nitrogen and oxygen atoms in total. The van der Waals surface area contributed by atoms with Crippen molar-refractivity contribution in [1.29, 1.82) is 0 Å². The van der Waals surface area contributed by atoms with Gasteiger partial charge in [-0.15, -0.1) is 0 Å². The van der Waals surface area contributed by atoms with Gasteiger partial charge in [0.2, 0.25) is 5.91 Å². The summed E-state index contributed by atoms with van der Waals surface area (Å²) in [5.74, 6) is -1.28. The number of nitro groups is 1. The lowest BCUT2D eigenvalue weighted by molar-refractivity contribution is -0.385. The molecule has 1 saturated heterocycles. The Morgan fingerprint density at radius 3 is 2.81 bits per heavy atom. The molecule has 0 aromatic heterocycles. The van der Waals surface area contributed by atoms with E-state index in [2.05, 4.69) is 5.32 Å². The molecule has 2 rings (SSSR count). The van der Waals surface area contributed by atoms with Gasteiger partial charge in [-0.05, 0) is 6.07 Å². The van der Waals surface area contributed by atoms with Crippen molar-refractivity contribution >= 4 is 11.6 Å². The number of halogens is 1. The molecule has 1 N–H and O–H groups in total. The summed E-state index contributed by atoms with van der Waals surface area (Å²) in [6.07, 6.45) is 0.0990. The van der Waals surface area contributed by atoms with E-state index in [0.717, 1.165) is 0 Å². The topological polar surface area (TPSA) is 72.2 Å². The van der Waals surface area contributed by atoms with E-state index in [1.807, 2.05) is 0 Å². The second kappa shape index (κ2) is 3.88. The van der Waals surface area contributed by atoms with Crippen molar-refractivity contribution in [3.63, 3.8) is 0 Å². The van der Waals surface area contributed by atoms with Gasteiger partial charge in [0.25, 0.3) is 5.69 Å². The minimum absolute atomic E-state index is 0.0193. The number of benzene rings is 1. The van der Waals surface area contributed by atoms with Gasteiger partial charge >= 0.3 is 0 Å². The molecule has 0 bridgehead atoms. The molecule has 84 valence electrons. The summed E-state index contributed by atoms with van der Waals surface area (Å²) >= 11 is 0. The highest BCUT2D eigenvalue weighted by atomic mass is 19.1. The number of rotatable bonds is 2. The molecule has 1 amide bonds. The number of carbonyl (C=O) groups is 1. The number of nitrogens with zero attached hydrogens (tertiary/aromatic N) is 1. The molecule has 0 spiro atoms. The van der Waals surface area contributed by atoms with Crippen molar-refractivity contribution < 1.29 is 14.1 Å². The van der Waals surface area contributed by atoms with Gasteiger partial charge in [0, 0.05) is 24.9 Å². The molecule has 16 heavy (non-hydrogen) atoms. The van der Waals surface area contributed by atoms with Crippen molar-refractivity contribution in [1.82, 2.24) is 5.32 Å². The van der Waals surface area contributed by atoms with Crippen molar-refractivity contribution in [3.8, 4) is 0 Å². The van der Waals surface area contributed by atoms with Crippen LogP contribution in [0.1, 0.15) is 17.9 Å². The standard InChI is InChI=1S/C10H9FN2O3/c11-7-2-1-3-8(13(15)16)10(7)6-4-9(14)12-5-6/h1-3,6H,4-5H2,(H,12,14). The van der Waals surface area contributed by atoms with Crippen LogP contribution in [0.2, 0.25) is 0 Å². The molecular formula is C10H9FN2O3. The molecule has 1 fully saturated rings. The fourth-order valence-corrected chi connectivity index (χ4v) is 1.90. The molecule has 1 aromatic rings. The molecular weight excluding hydrogens is 215 g/mol. The molecule has 1 aliphatic rings. The number of nitrogens with one attached hydrogen (secondary N) is 1. The number of hydrogen-bond acceptors (Lipinski definition) is 3. The van der Waals surface area contributed by atoms with E-state index >= 15 is 0 Å². The third kappa shape index (κ3) is 1.73. The van der Waals surface area contributed by atoms with E-state index in [0.29, 0.717) is 0 Å². The van der Waals surface area contributed by atoms with Gasteiger partial charge < -0.3 is 5.32 Å². The van der Waals surface area contributed by atoms with Gasteiger partial charge in [-0.3, -0.25) is 14.9 Å². The first kappa shape index (κ1) is 10.5. The minimum atomic E-state index is -0.629. The number of carbonyl (C=O) groups excluding carboxylic acids is 1. The minimum Gasteiger partial charge on any atom is -0.355 e. The molecule has 1 heterocycles. The second-order valence-electron chi connectivity index (χ2n) is 3.63. The largest absolute Gasteiger partial charge is 0.355 e. The Bertz CT molecular complexity index is 461. The van der Waals surface area contributed by atoms with Crippen molar-refractivity contribution in [2.24, 2.45) is 0 Å². The summed E-state index contributed by atoms with van der Waals surface area (Å²) < 4.78 is 13.5. The van der Waals surface area contributed by atoms with E-state index in [9.17, 15) is 19.3 Å². The van der Waals surface area contributed by atoms with Crippen LogP contribution in [0, 0.1) is 15.9 Å². The first-order valence-electron chi connectivity index (χ1n) is 4.79. The molecule has 0 saturated carbocycles. The lowest BCUT2D eigenvalue weighted by atomic mass is 9.96. The zero-order chi connectivity index (χ0) is 11.7. The van der Waals surface area contributed by atoms with Crippen LogP contribution in [-0.2, 0) is 4.79 Å². The third-order valence-corrected chi connectivity index (χ3v) is 2.61. The Balaban J connectivity index is 2.46. The summed E-state index contributed by atoms with van der Waals surface area (Å²) in [5, 5.41) is 13.3. The van der Waals surface area contributed by atoms with Gasteiger partial charge in [-0.2, -0.15) is 0 Å². The van der Waals surface area contributed by atoms with Crippen LogP contribution in [0.4, 0.5) is 10.1 Å². The Kier molecular flexibility index (Phi) is 2.55. The first-order chi connectivity index (χ1) is 7.59. The fourth-order valence-electron chi connectivity index (χ4n) is 1.90. The van der Waals surface area contributed by atoms with E-state index in [-0.39, 0.29) is 30.1 Å². The third-order valence-electron chi connectivity index (χ3n) is 2.61. The predicted molar refractivity (Wildman–Crippen MR) is 53.4 cm³/mol. The van der Waals surface area contributed by atoms with Crippen molar-refractivity contribution in [2.75, 3.05) is 6.54 Å². The average Bonchev–Trinajstić information content (AvgIpc) is 2.64. The zero-order valence-electron chi connectivity index (χ0n) is 8.27. The van der Waals surface area contributed by atoms with Gasteiger partial charge in [-0.25, -0.2) is 4.39 Å². The van der Waals surface area contributed by atoms with Crippen LogP contribution in [0.25, 0.3) is 0 Å². The molecule has 1 unspecified atom stereocenters. The zero-order valence-corrected chi connectivity index (χ0v) is 8.27. The van der Waals surface area contributed by atoms with Gasteiger partial charge in [-0.1, -0.05) is 6.07 Å². The van der Waals surface area contributed by atoms with E-state index in [4.69, 9.17) is 0 Å².